The molecule has 1 heterocycles. The Balaban J connectivity index is 1.69. The number of hydrogen-bond donors (Lipinski definition) is 0. The topological polar surface area (TPSA) is 55.8 Å². The molecular weight excluding hydrogens is 330 g/mol. The first-order valence-corrected chi connectivity index (χ1v) is 8.51. The highest BCUT2D eigenvalue weighted by Gasteiger charge is 2.12. The van der Waals surface area contributed by atoms with Gasteiger partial charge in [0.2, 0.25) is 0 Å². The fourth-order valence-corrected chi connectivity index (χ4v) is 2.79. The van der Waals surface area contributed by atoms with Gasteiger partial charge in [0.1, 0.15) is 0 Å². The van der Waals surface area contributed by atoms with Crippen molar-refractivity contribution in [2.75, 3.05) is 38.3 Å². The molecule has 2 aromatic rings. The first kappa shape index (κ1) is 17.9. The van der Waals surface area contributed by atoms with Gasteiger partial charge in [-0.3, -0.25) is 4.79 Å². The van der Waals surface area contributed by atoms with E-state index < -0.39 is 0 Å². The Bertz CT molecular complexity index is 805. The Morgan fingerprint density at radius 3 is 2.46 bits per heavy atom. The smallest absolute Gasteiger partial charge is 0.337 e. The number of esters is 1. The lowest BCUT2D eigenvalue weighted by atomic mass is 10.1. The number of hydrogen-bond acceptors (Lipinski definition) is 5. The number of nitrogens with zero attached hydrogens (tertiary/aromatic N) is 1. The predicted molar refractivity (Wildman–Crippen MR) is 101 cm³/mol. The van der Waals surface area contributed by atoms with E-state index in [0.717, 1.165) is 24.3 Å². The van der Waals surface area contributed by atoms with Crippen LogP contribution in [0.1, 0.15) is 26.3 Å². The fourth-order valence-electron chi connectivity index (χ4n) is 2.79. The largest absolute Gasteiger partial charge is 0.465 e. The van der Waals surface area contributed by atoms with Gasteiger partial charge in [-0.25, -0.2) is 4.79 Å². The summed E-state index contributed by atoms with van der Waals surface area (Å²) in [5, 5.41) is 0. The maximum atomic E-state index is 12.5. The zero-order chi connectivity index (χ0) is 18.4. The molecule has 0 N–H and O–H groups in total. The molecule has 0 radical (unpaired) electrons. The van der Waals surface area contributed by atoms with Crippen molar-refractivity contribution in [3.05, 3.63) is 71.3 Å². The standard InChI is InChI=1S/C21H21NO4/c1-25-21(24)17-8-5-16(6-9-17)7-10-20(23)18-3-2-4-19(15-18)22-11-13-26-14-12-22/h2-10,15H,11-14H2,1H3. The molecule has 0 unspecified atom stereocenters. The second-order valence-corrected chi connectivity index (χ2v) is 5.96. The second kappa shape index (κ2) is 8.45. The van der Waals surface area contributed by atoms with Crippen LogP contribution in [-0.4, -0.2) is 45.2 Å². The number of carbonyl (C=O) groups is 2. The van der Waals surface area contributed by atoms with Crippen molar-refractivity contribution in [2.45, 2.75) is 0 Å². The summed E-state index contributed by atoms with van der Waals surface area (Å²) in [5.74, 6) is -0.436. The number of ketones is 1. The predicted octanol–water partition coefficient (Wildman–Crippen LogP) is 3.21. The third kappa shape index (κ3) is 4.37. The summed E-state index contributed by atoms with van der Waals surface area (Å²) in [6.07, 6.45) is 3.29. The van der Waals surface area contributed by atoms with E-state index in [2.05, 4.69) is 9.64 Å². The van der Waals surface area contributed by atoms with Crippen molar-refractivity contribution in [2.24, 2.45) is 0 Å². The number of benzene rings is 2. The summed E-state index contributed by atoms with van der Waals surface area (Å²) < 4.78 is 10.0. The summed E-state index contributed by atoms with van der Waals surface area (Å²) >= 11 is 0. The summed E-state index contributed by atoms with van der Waals surface area (Å²) in [7, 11) is 1.35. The molecule has 1 saturated heterocycles. The molecular formula is C21H21NO4. The number of methoxy groups -OCH3 is 1. The van der Waals surface area contributed by atoms with Crippen LogP contribution in [0.3, 0.4) is 0 Å². The highest BCUT2D eigenvalue weighted by atomic mass is 16.5. The Hall–Kier alpha value is -2.92. The van der Waals surface area contributed by atoms with Crippen LogP contribution >= 0.6 is 0 Å². The first-order valence-electron chi connectivity index (χ1n) is 8.51. The molecule has 2 aromatic carbocycles. The SMILES string of the molecule is COC(=O)c1ccc(C=CC(=O)c2cccc(N3CCOCC3)c2)cc1. The molecule has 0 aromatic heterocycles. The van der Waals surface area contributed by atoms with Crippen LogP contribution < -0.4 is 4.90 Å². The minimum atomic E-state index is -0.378. The molecule has 0 bridgehead atoms. The average Bonchev–Trinajstić information content (AvgIpc) is 2.72. The van der Waals surface area contributed by atoms with Gasteiger partial charge in [-0.05, 0) is 35.9 Å². The van der Waals surface area contributed by atoms with Crippen molar-refractivity contribution >= 4 is 23.5 Å². The van der Waals surface area contributed by atoms with E-state index in [4.69, 9.17) is 4.74 Å². The zero-order valence-corrected chi connectivity index (χ0v) is 14.7. The normalized spacial score (nSPS) is 14.4. The molecule has 5 nitrogen and oxygen atoms in total. The van der Waals surface area contributed by atoms with E-state index in [-0.39, 0.29) is 11.8 Å². The Labute approximate surface area is 152 Å². The van der Waals surface area contributed by atoms with Crippen molar-refractivity contribution in [3.8, 4) is 0 Å². The molecule has 134 valence electrons. The molecule has 1 fully saturated rings. The van der Waals surface area contributed by atoms with Crippen molar-refractivity contribution in [1.82, 2.24) is 0 Å². The lowest BCUT2D eigenvalue weighted by Crippen LogP contribution is -2.36. The van der Waals surface area contributed by atoms with Crippen molar-refractivity contribution in [3.63, 3.8) is 0 Å². The summed E-state index contributed by atoms with van der Waals surface area (Å²) in [5.41, 5.74) is 3.01. The van der Waals surface area contributed by atoms with Crippen LogP contribution in [0.25, 0.3) is 6.08 Å². The van der Waals surface area contributed by atoms with E-state index in [1.165, 1.54) is 7.11 Å². The molecule has 0 aliphatic carbocycles. The molecule has 0 spiro atoms. The Morgan fingerprint density at radius 1 is 1.04 bits per heavy atom. The van der Waals surface area contributed by atoms with E-state index in [9.17, 15) is 9.59 Å². The van der Waals surface area contributed by atoms with Crippen molar-refractivity contribution < 1.29 is 19.1 Å². The third-order valence-electron chi connectivity index (χ3n) is 4.27. The fraction of sp³-hybridized carbons (Fsp3) is 0.238. The number of allylic oxidation sites excluding steroid dienone is 1. The van der Waals surface area contributed by atoms with Crippen LogP contribution in [0.4, 0.5) is 5.69 Å². The number of rotatable bonds is 5. The highest BCUT2D eigenvalue weighted by molar-refractivity contribution is 6.07. The van der Waals surface area contributed by atoms with Gasteiger partial charge in [0, 0.05) is 24.3 Å². The molecule has 1 aliphatic heterocycles. The maximum Gasteiger partial charge on any atom is 0.337 e. The van der Waals surface area contributed by atoms with E-state index >= 15 is 0 Å². The lowest BCUT2D eigenvalue weighted by molar-refractivity contribution is 0.0600. The monoisotopic (exact) mass is 351 g/mol. The highest BCUT2D eigenvalue weighted by Crippen LogP contribution is 2.18. The van der Waals surface area contributed by atoms with Crippen LogP contribution in [0.5, 0.6) is 0 Å². The molecule has 5 heteroatoms. The first-order chi connectivity index (χ1) is 12.7. The Kier molecular flexibility index (Phi) is 5.81. The van der Waals surface area contributed by atoms with E-state index in [1.54, 1.807) is 36.4 Å². The number of morpholine rings is 1. The quantitative estimate of drug-likeness (QED) is 0.470. The molecule has 0 saturated carbocycles. The lowest BCUT2D eigenvalue weighted by Gasteiger charge is -2.29. The minimum absolute atomic E-state index is 0.0582. The minimum Gasteiger partial charge on any atom is -0.465 e. The van der Waals surface area contributed by atoms with Gasteiger partial charge in [0.05, 0.1) is 25.9 Å². The second-order valence-electron chi connectivity index (χ2n) is 5.96. The molecule has 3 rings (SSSR count). The molecule has 0 amide bonds. The average molecular weight is 351 g/mol. The summed E-state index contributed by atoms with van der Waals surface area (Å²) in [6, 6.07) is 14.5. The van der Waals surface area contributed by atoms with Gasteiger partial charge in [-0.1, -0.05) is 30.3 Å². The van der Waals surface area contributed by atoms with Gasteiger partial charge in [-0.2, -0.15) is 0 Å². The zero-order valence-electron chi connectivity index (χ0n) is 14.7. The van der Waals surface area contributed by atoms with Crippen LogP contribution in [0.2, 0.25) is 0 Å². The summed E-state index contributed by atoms with van der Waals surface area (Å²) in [4.78, 5) is 26.1. The van der Waals surface area contributed by atoms with Crippen LogP contribution in [0.15, 0.2) is 54.6 Å². The van der Waals surface area contributed by atoms with Gasteiger partial charge in [-0.15, -0.1) is 0 Å². The maximum absolute atomic E-state index is 12.5. The van der Waals surface area contributed by atoms with Gasteiger partial charge in [0.25, 0.3) is 0 Å². The van der Waals surface area contributed by atoms with Gasteiger partial charge in [0.15, 0.2) is 5.78 Å². The van der Waals surface area contributed by atoms with E-state index in [1.807, 2.05) is 24.3 Å². The molecule has 26 heavy (non-hydrogen) atoms. The van der Waals surface area contributed by atoms with Crippen LogP contribution in [0, 0.1) is 0 Å². The van der Waals surface area contributed by atoms with E-state index in [0.29, 0.717) is 24.3 Å². The third-order valence-corrected chi connectivity index (χ3v) is 4.27. The van der Waals surface area contributed by atoms with Gasteiger partial charge < -0.3 is 14.4 Å². The van der Waals surface area contributed by atoms with Gasteiger partial charge >= 0.3 is 5.97 Å². The number of anilines is 1. The molecule has 0 atom stereocenters. The number of carbonyl (C=O) groups excluding carboxylic acids is 2. The van der Waals surface area contributed by atoms with Crippen LogP contribution in [-0.2, 0) is 9.47 Å². The summed E-state index contributed by atoms with van der Waals surface area (Å²) in [6.45, 7) is 3.08. The molecule has 1 aliphatic rings. The number of ether oxygens (including phenoxy) is 2. The van der Waals surface area contributed by atoms with Crippen molar-refractivity contribution in [1.29, 1.82) is 0 Å². The Morgan fingerprint density at radius 2 is 1.77 bits per heavy atom.